The Morgan fingerprint density at radius 3 is 2.30 bits per heavy atom. The molecule has 0 radical (unpaired) electrons. The van der Waals surface area contributed by atoms with E-state index in [1.165, 1.54) is 0 Å². The zero-order valence-corrected chi connectivity index (χ0v) is 28.7. The maximum Gasteiger partial charge on any atom is 0.303 e. The average Bonchev–Trinajstić information content (AvgIpc) is 3.25. The van der Waals surface area contributed by atoms with Crippen molar-refractivity contribution in [1.29, 1.82) is 5.41 Å². The third kappa shape index (κ3) is 8.52. The van der Waals surface area contributed by atoms with Crippen molar-refractivity contribution < 1.29 is 29.0 Å². The zero-order valence-electron chi connectivity index (χ0n) is 27.0. The molecule has 10 nitrogen and oxygen atoms in total. The molecule has 0 fully saturated rings. The average molecular weight is 676 g/mol. The molecule has 11 heteroatoms. The number of fused-ring (bicyclic) bond motifs is 1. The molecule has 0 aromatic heterocycles. The fourth-order valence-electron chi connectivity index (χ4n) is 5.25. The third-order valence-corrected chi connectivity index (χ3v) is 7.58. The van der Waals surface area contributed by atoms with Crippen molar-refractivity contribution >= 4 is 46.2 Å². The van der Waals surface area contributed by atoms with E-state index >= 15 is 0 Å². The van der Waals surface area contributed by atoms with Gasteiger partial charge in [-0.25, -0.2) is 0 Å². The van der Waals surface area contributed by atoms with E-state index in [2.05, 4.69) is 44.8 Å². The fourth-order valence-corrected chi connectivity index (χ4v) is 5.25. The molecule has 3 N–H and O–H groups in total. The van der Waals surface area contributed by atoms with Crippen molar-refractivity contribution in [1.82, 2.24) is 10.2 Å². The number of amidine groups is 1. The summed E-state index contributed by atoms with van der Waals surface area (Å²) >= 11 is 0. The third-order valence-electron chi connectivity index (χ3n) is 7.58. The Kier molecular flexibility index (Phi) is 13.2. The summed E-state index contributed by atoms with van der Waals surface area (Å²) in [6.45, 7) is 14.8. The number of hydrogen-bond donors (Lipinski definition) is 3. The number of carbonyl (C=O) groups excluding carboxylic acids is 2. The molecule has 0 saturated heterocycles. The van der Waals surface area contributed by atoms with Gasteiger partial charge in [-0.05, 0) is 68.9 Å². The maximum absolute atomic E-state index is 13.9. The number of hydrogen-bond acceptors (Lipinski definition) is 7. The van der Waals surface area contributed by atoms with Crippen LogP contribution in [-0.2, 0) is 16.8 Å². The quantitative estimate of drug-likeness (QED) is 0.159. The standard InChI is InChI=1S/C33H46N4O6.BrH/c1-8-36(9-2)26-16-21(15-25(33(4,5)6)30(26)43-14-12-11-13-29(39)40)27(38)20-37-19-22-17-28(42-10-3)24(32(41)35-7)18-23(22)31(37)34;/h15-18,34H,8-14,19-20H2,1-7H3,(H,35,41)(H,39,40);1H. The first kappa shape index (κ1) is 36.6. The number of Topliss-reactive ketones (excluding diaryl/α,β-unsaturated/α-hetero) is 1. The molecular weight excluding hydrogens is 628 g/mol. The van der Waals surface area contributed by atoms with Gasteiger partial charge in [0, 0.05) is 49.8 Å². The van der Waals surface area contributed by atoms with E-state index in [4.69, 9.17) is 20.0 Å². The molecule has 0 atom stereocenters. The van der Waals surface area contributed by atoms with Crippen LogP contribution in [0.25, 0.3) is 0 Å². The van der Waals surface area contributed by atoms with Gasteiger partial charge in [0.25, 0.3) is 5.91 Å². The van der Waals surface area contributed by atoms with Crippen LogP contribution >= 0.6 is 17.0 Å². The normalized spacial score (nSPS) is 12.3. The van der Waals surface area contributed by atoms with Crippen LogP contribution in [0, 0.1) is 5.41 Å². The van der Waals surface area contributed by atoms with Gasteiger partial charge in [-0.2, -0.15) is 0 Å². The Hall–Kier alpha value is -3.60. The molecule has 0 bridgehead atoms. The van der Waals surface area contributed by atoms with Crippen LogP contribution < -0.4 is 19.7 Å². The number of unbranched alkanes of at least 4 members (excludes halogenated alkanes) is 1. The molecule has 242 valence electrons. The van der Waals surface area contributed by atoms with Crippen molar-refractivity contribution in [3.63, 3.8) is 0 Å². The van der Waals surface area contributed by atoms with Gasteiger partial charge in [-0.3, -0.25) is 19.8 Å². The van der Waals surface area contributed by atoms with Gasteiger partial charge in [-0.15, -0.1) is 17.0 Å². The van der Waals surface area contributed by atoms with E-state index in [1.54, 1.807) is 24.1 Å². The highest BCUT2D eigenvalue weighted by molar-refractivity contribution is 8.93. The van der Waals surface area contributed by atoms with E-state index < -0.39 is 5.97 Å². The van der Waals surface area contributed by atoms with E-state index in [9.17, 15) is 14.4 Å². The van der Waals surface area contributed by atoms with Gasteiger partial charge < -0.3 is 29.7 Å². The van der Waals surface area contributed by atoms with E-state index in [0.717, 1.165) is 35.7 Å². The number of ether oxygens (including phenoxy) is 2. The van der Waals surface area contributed by atoms with Gasteiger partial charge in [-0.1, -0.05) is 20.8 Å². The summed E-state index contributed by atoms with van der Waals surface area (Å²) in [6.07, 6.45) is 1.23. The van der Waals surface area contributed by atoms with Crippen LogP contribution in [0.15, 0.2) is 24.3 Å². The summed E-state index contributed by atoms with van der Waals surface area (Å²) < 4.78 is 12.0. The number of carboxylic acids is 1. The number of carbonyl (C=O) groups is 3. The van der Waals surface area contributed by atoms with Gasteiger partial charge in [0.15, 0.2) is 5.78 Å². The fraction of sp³-hybridized carbons (Fsp3) is 0.515. The molecule has 0 saturated carbocycles. The lowest BCUT2D eigenvalue weighted by molar-refractivity contribution is -0.137. The molecule has 2 aromatic carbocycles. The highest BCUT2D eigenvalue weighted by Crippen LogP contribution is 2.41. The van der Waals surface area contributed by atoms with E-state index in [-0.39, 0.29) is 52.9 Å². The molecule has 0 aliphatic carbocycles. The van der Waals surface area contributed by atoms with Gasteiger partial charge in [0.05, 0.1) is 31.0 Å². The SMILES string of the molecule is Br.CCOc1cc2c(cc1C(=O)NC)C(=N)N(CC(=O)c1cc(N(CC)CC)c(OCCCCC(=O)O)c(C(C)(C)C)c1)C2. The van der Waals surface area contributed by atoms with Crippen LogP contribution in [0.3, 0.4) is 0 Å². The number of benzene rings is 2. The summed E-state index contributed by atoms with van der Waals surface area (Å²) in [6, 6.07) is 7.23. The second-order valence-corrected chi connectivity index (χ2v) is 11.6. The van der Waals surface area contributed by atoms with Gasteiger partial charge in [0.1, 0.15) is 17.3 Å². The number of halogens is 1. The zero-order chi connectivity index (χ0) is 31.9. The highest BCUT2D eigenvalue weighted by Gasteiger charge is 2.31. The van der Waals surface area contributed by atoms with Crippen LogP contribution in [0.5, 0.6) is 11.5 Å². The Morgan fingerprint density at radius 2 is 1.73 bits per heavy atom. The summed E-state index contributed by atoms with van der Waals surface area (Å²) in [4.78, 5) is 41.1. The molecule has 1 aliphatic heterocycles. The van der Waals surface area contributed by atoms with E-state index in [1.807, 2.05) is 19.1 Å². The van der Waals surface area contributed by atoms with Crippen LogP contribution in [0.4, 0.5) is 5.69 Å². The first-order valence-corrected chi connectivity index (χ1v) is 15.0. The van der Waals surface area contributed by atoms with Crippen molar-refractivity contribution in [2.75, 3.05) is 44.8 Å². The number of nitrogens with one attached hydrogen (secondary N) is 2. The summed E-state index contributed by atoms with van der Waals surface area (Å²) in [7, 11) is 1.55. The lowest BCUT2D eigenvalue weighted by Crippen LogP contribution is -2.31. The minimum Gasteiger partial charge on any atom is -0.493 e. The molecule has 0 unspecified atom stereocenters. The molecule has 1 amide bonds. The van der Waals surface area contributed by atoms with Crippen LogP contribution in [-0.4, -0.2) is 73.4 Å². The number of amides is 1. The number of aliphatic carboxylic acids is 1. The Bertz CT molecular complexity index is 1370. The topological polar surface area (TPSA) is 132 Å². The minimum absolute atomic E-state index is 0. The van der Waals surface area contributed by atoms with Crippen molar-refractivity contribution in [2.24, 2.45) is 0 Å². The number of rotatable bonds is 15. The first-order valence-electron chi connectivity index (χ1n) is 15.0. The Balaban J connectivity index is 0.00000675. The first-order chi connectivity index (χ1) is 20.4. The maximum atomic E-state index is 13.9. The largest absolute Gasteiger partial charge is 0.493 e. The summed E-state index contributed by atoms with van der Waals surface area (Å²) in [5, 5.41) is 20.4. The number of ketones is 1. The van der Waals surface area contributed by atoms with E-state index in [0.29, 0.717) is 55.0 Å². The lowest BCUT2D eigenvalue weighted by atomic mass is 9.84. The number of anilines is 1. The van der Waals surface area contributed by atoms with Crippen molar-refractivity contribution in [3.05, 3.63) is 52.1 Å². The monoisotopic (exact) mass is 674 g/mol. The Labute approximate surface area is 271 Å². The minimum atomic E-state index is -0.821. The lowest BCUT2D eigenvalue weighted by Gasteiger charge is -2.31. The second kappa shape index (κ2) is 15.9. The molecule has 1 aliphatic rings. The van der Waals surface area contributed by atoms with Gasteiger partial charge in [0.2, 0.25) is 0 Å². The smallest absolute Gasteiger partial charge is 0.303 e. The highest BCUT2D eigenvalue weighted by atomic mass is 79.9. The van der Waals surface area contributed by atoms with Gasteiger partial charge >= 0.3 is 5.97 Å². The summed E-state index contributed by atoms with van der Waals surface area (Å²) in [5.41, 5.74) is 3.73. The second-order valence-electron chi connectivity index (χ2n) is 11.6. The number of nitrogens with zero attached hydrogens (tertiary/aromatic N) is 2. The molecular formula is C33H47BrN4O6. The van der Waals surface area contributed by atoms with Crippen molar-refractivity contribution in [2.45, 2.75) is 72.8 Å². The predicted molar refractivity (Wildman–Crippen MR) is 179 cm³/mol. The molecule has 1 heterocycles. The van der Waals surface area contributed by atoms with Crippen LogP contribution in [0.2, 0.25) is 0 Å². The summed E-state index contributed by atoms with van der Waals surface area (Å²) in [5.74, 6) is 0.126. The molecule has 2 aromatic rings. The predicted octanol–water partition coefficient (Wildman–Crippen LogP) is 5.82. The molecule has 44 heavy (non-hydrogen) atoms. The number of carboxylic acid groups (broad SMARTS) is 1. The van der Waals surface area contributed by atoms with Crippen molar-refractivity contribution in [3.8, 4) is 11.5 Å². The Morgan fingerprint density at radius 1 is 1.05 bits per heavy atom. The van der Waals surface area contributed by atoms with Crippen LogP contribution in [0.1, 0.15) is 98.2 Å². The molecule has 3 rings (SSSR count). The molecule has 0 spiro atoms.